The first kappa shape index (κ1) is 24.8. The Labute approximate surface area is 222 Å². The van der Waals surface area contributed by atoms with E-state index in [1.165, 1.54) is 28.7 Å². The van der Waals surface area contributed by atoms with Gasteiger partial charge in [0.1, 0.15) is 17.0 Å². The van der Waals surface area contributed by atoms with Crippen LogP contribution >= 0.6 is 11.3 Å². The lowest BCUT2D eigenvalue weighted by atomic mass is 9.97. The molecule has 0 spiro atoms. The second-order valence-corrected chi connectivity index (χ2v) is 13.3. The van der Waals surface area contributed by atoms with Crippen molar-refractivity contribution in [1.82, 2.24) is 19.2 Å². The predicted molar refractivity (Wildman–Crippen MR) is 146 cm³/mol. The molecule has 10 heteroatoms. The number of nitrogens with zero attached hydrogens (tertiary/aromatic N) is 5. The second-order valence-electron chi connectivity index (χ2n) is 10.4. The molecule has 0 bridgehead atoms. The number of carbonyl (C=O) groups is 1. The summed E-state index contributed by atoms with van der Waals surface area (Å²) in [6.07, 6.45) is 9.19. The number of thiophene rings is 1. The molecule has 4 heterocycles. The van der Waals surface area contributed by atoms with Crippen molar-refractivity contribution in [2.24, 2.45) is 0 Å². The number of hydrogen-bond donors (Lipinski definition) is 0. The fourth-order valence-electron chi connectivity index (χ4n) is 5.95. The summed E-state index contributed by atoms with van der Waals surface area (Å²) >= 11 is 1.80. The second kappa shape index (κ2) is 9.96. The van der Waals surface area contributed by atoms with E-state index < -0.39 is 10.0 Å². The molecule has 0 saturated carbocycles. The van der Waals surface area contributed by atoms with Crippen LogP contribution in [0.3, 0.4) is 0 Å². The van der Waals surface area contributed by atoms with Crippen molar-refractivity contribution in [3.8, 4) is 0 Å². The van der Waals surface area contributed by atoms with E-state index in [4.69, 9.17) is 0 Å². The fourth-order valence-corrected chi connectivity index (χ4v) is 8.87. The summed E-state index contributed by atoms with van der Waals surface area (Å²) in [6, 6.07) is 6.48. The number of piperidine rings is 1. The van der Waals surface area contributed by atoms with Gasteiger partial charge in [0.25, 0.3) is 5.91 Å². The molecule has 1 unspecified atom stereocenters. The Kier molecular flexibility index (Phi) is 6.66. The van der Waals surface area contributed by atoms with Gasteiger partial charge in [0.2, 0.25) is 10.0 Å². The van der Waals surface area contributed by atoms with Gasteiger partial charge < -0.3 is 9.80 Å². The molecule has 3 aliphatic rings. The molecule has 0 N–H and O–H groups in total. The van der Waals surface area contributed by atoms with E-state index >= 15 is 0 Å². The number of rotatable bonds is 4. The van der Waals surface area contributed by atoms with Crippen LogP contribution in [0.25, 0.3) is 10.2 Å². The van der Waals surface area contributed by atoms with E-state index in [0.29, 0.717) is 38.3 Å². The van der Waals surface area contributed by atoms with Gasteiger partial charge in [0.15, 0.2) is 0 Å². The first-order chi connectivity index (χ1) is 17.9. The minimum atomic E-state index is -3.55. The molecule has 2 saturated heterocycles. The lowest BCUT2D eigenvalue weighted by Gasteiger charge is -2.36. The van der Waals surface area contributed by atoms with Crippen molar-refractivity contribution in [3.63, 3.8) is 0 Å². The molecular weight excluding hydrogens is 506 g/mol. The molecule has 2 aliphatic heterocycles. The van der Waals surface area contributed by atoms with Crippen molar-refractivity contribution in [3.05, 3.63) is 46.6 Å². The minimum Gasteiger partial charge on any atom is -0.352 e. The average Bonchev–Trinajstić information content (AvgIpc) is 3.32. The monoisotopic (exact) mass is 539 g/mol. The van der Waals surface area contributed by atoms with Gasteiger partial charge in [-0.1, -0.05) is 6.42 Å². The molecule has 8 nitrogen and oxygen atoms in total. The van der Waals surface area contributed by atoms with Crippen LogP contribution in [0.5, 0.6) is 0 Å². The molecule has 2 fully saturated rings. The fraction of sp³-hybridized carbons (Fsp3) is 0.519. The highest BCUT2D eigenvalue weighted by Gasteiger charge is 2.31. The van der Waals surface area contributed by atoms with Crippen LogP contribution < -0.4 is 4.90 Å². The van der Waals surface area contributed by atoms with Crippen molar-refractivity contribution >= 4 is 43.3 Å². The minimum absolute atomic E-state index is 0.00653. The number of benzene rings is 1. The van der Waals surface area contributed by atoms with Gasteiger partial charge in [0, 0.05) is 49.2 Å². The van der Waals surface area contributed by atoms with Crippen LogP contribution in [0.4, 0.5) is 5.82 Å². The third kappa shape index (κ3) is 4.53. The van der Waals surface area contributed by atoms with E-state index in [0.717, 1.165) is 42.8 Å². The van der Waals surface area contributed by atoms with Crippen molar-refractivity contribution in [1.29, 1.82) is 0 Å². The number of fused-ring (bicyclic) bond motifs is 3. The number of piperazine rings is 1. The Morgan fingerprint density at radius 2 is 1.70 bits per heavy atom. The van der Waals surface area contributed by atoms with Crippen LogP contribution in [0, 0.1) is 0 Å². The summed E-state index contributed by atoms with van der Waals surface area (Å²) in [5.41, 5.74) is 1.95. The summed E-state index contributed by atoms with van der Waals surface area (Å²) in [5.74, 6) is 0.939. The molecule has 1 aliphatic carbocycles. The van der Waals surface area contributed by atoms with E-state index in [2.05, 4.69) is 14.9 Å². The molecule has 196 valence electrons. The Balaban J connectivity index is 1.14. The standard InChI is InChI=1S/C27H33N5O3S2/c1-19-6-4-5-13-32(19)37(34,35)21-11-9-20(10-12-21)27(33)31-16-14-30(15-17-31)25-24-22-7-2-3-8-23(22)36-26(24)29-18-28-25/h9-12,18-19H,2-8,13-17H2,1H3. The molecule has 1 atom stereocenters. The van der Waals surface area contributed by atoms with Gasteiger partial charge in [-0.05, 0) is 75.3 Å². The maximum Gasteiger partial charge on any atom is 0.253 e. The lowest BCUT2D eigenvalue weighted by molar-refractivity contribution is 0.0746. The number of sulfonamides is 1. The average molecular weight is 540 g/mol. The predicted octanol–water partition coefficient (Wildman–Crippen LogP) is 4.10. The number of amides is 1. The number of anilines is 1. The zero-order valence-corrected chi connectivity index (χ0v) is 22.9. The van der Waals surface area contributed by atoms with Gasteiger partial charge in [-0.3, -0.25) is 4.79 Å². The van der Waals surface area contributed by atoms with Crippen molar-refractivity contribution in [2.75, 3.05) is 37.6 Å². The smallest absolute Gasteiger partial charge is 0.253 e. The Morgan fingerprint density at radius 1 is 0.946 bits per heavy atom. The van der Waals surface area contributed by atoms with Crippen LogP contribution in [0.15, 0.2) is 35.5 Å². The molecule has 2 aromatic heterocycles. The van der Waals surface area contributed by atoms with Crippen molar-refractivity contribution < 1.29 is 13.2 Å². The highest BCUT2D eigenvalue weighted by molar-refractivity contribution is 7.89. The quantitative estimate of drug-likeness (QED) is 0.496. The lowest BCUT2D eigenvalue weighted by Crippen LogP contribution is -2.49. The van der Waals surface area contributed by atoms with Gasteiger partial charge in [-0.2, -0.15) is 4.31 Å². The van der Waals surface area contributed by atoms with Crippen LogP contribution in [-0.4, -0.2) is 72.3 Å². The molecular formula is C27H33N5O3S2. The summed E-state index contributed by atoms with van der Waals surface area (Å²) in [5, 5.41) is 1.21. The maximum absolute atomic E-state index is 13.2. The topological polar surface area (TPSA) is 86.7 Å². The first-order valence-corrected chi connectivity index (χ1v) is 15.6. The zero-order chi connectivity index (χ0) is 25.6. The number of carbonyl (C=O) groups excluding carboxylic acids is 1. The van der Waals surface area contributed by atoms with E-state index in [-0.39, 0.29) is 16.8 Å². The molecule has 1 amide bonds. The first-order valence-electron chi connectivity index (χ1n) is 13.3. The summed E-state index contributed by atoms with van der Waals surface area (Å²) < 4.78 is 27.9. The van der Waals surface area contributed by atoms with Gasteiger partial charge in [-0.15, -0.1) is 11.3 Å². The number of hydrogen-bond acceptors (Lipinski definition) is 7. The molecule has 0 radical (unpaired) electrons. The normalized spacial score (nSPS) is 21.3. The molecule has 3 aromatic rings. The van der Waals surface area contributed by atoms with Crippen LogP contribution in [-0.2, 0) is 22.9 Å². The van der Waals surface area contributed by atoms with Crippen LogP contribution in [0.1, 0.15) is 59.8 Å². The Morgan fingerprint density at radius 3 is 2.46 bits per heavy atom. The molecule has 37 heavy (non-hydrogen) atoms. The third-order valence-corrected chi connectivity index (χ3v) is 11.3. The largest absolute Gasteiger partial charge is 0.352 e. The Hall–Kier alpha value is -2.56. The Bertz CT molecular complexity index is 1410. The van der Waals surface area contributed by atoms with Crippen molar-refractivity contribution in [2.45, 2.75) is 62.8 Å². The maximum atomic E-state index is 13.2. The zero-order valence-electron chi connectivity index (χ0n) is 21.2. The van der Waals surface area contributed by atoms with E-state index in [9.17, 15) is 13.2 Å². The van der Waals surface area contributed by atoms with E-state index in [1.54, 1.807) is 46.2 Å². The van der Waals surface area contributed by atoms with Gasteiger partial charge in [-0.25, -0.2) is 18.4 Å². The summed E-state index contributed by atoms with van der Waals surface area (Å²) in [6.45, 7) is 5.14. The third-order valence-electron chi connectivity index (χ3n) is 8.05. The van der Waals surface area contributed by atoms with Gasteiger partial charge in [0.05, 0.1) is 10.3 Å². The summed E-state index contributed by atoms with van der Waals surface area (Å²) in [4.78, 5) is 29.4. The molecule has 1 aromatic carbocycles. The number of aromatic nitrogens is 2. The van der Waals surface area contributed by atoms with Crippen LogP contribution in [0.2, 0.25) is 0 Å². The highest BCUT2D eigenvalue weighted by atomic mass is 32.2. The highest BCUT2D eigenvalue weighted by Crippen LogP contribution is 2.39. The molecule has 6 rings (SSSR count). The van der Waals surface area contributed by atoms with Gasteiger partial charge >= 0.3 is 0 Å². The number of aryl methyl sites for hydroxylation is 2. The van der Waals surface area contributed by atoms with E-state index in [1.807, 2.05) is 11.8 Å². The summed E-state index contributed by atoms with van der Waals surface area (Å²) in [7, 11) is -3.55. The SMILES string of the molecule is CC1CCCCN1S(=O)(=O)c1ccc(C(=O)N2CCN(c3ncnc4sc5c(c34)CCCC5)CC2)cc1.